The number of esters is 1. The maximum absolute atomic E-state index is 15.2. The number of hydrogen-bond acceptors (Lipinski definition) is 11. The second-order valence-electron chi connectivity index (χ2n) is 19.2. The SMILES string of the molecule is COC(=O)C(Cc1cc(Br)c(O)c(Br)c1)NC(=O)[C@@H](NC(=O)[C@H](Cc1cc(I)c(O)c(I)c1)NC(=O)OC(C)(C)C)[C@H](O[Si](C)(C)C(C)(C)C)[C@@H](CN=[N+]=[N-])O[Si](C)(C)C(C)(C)C. The highest BCUT2D eigenvalue weighted by atomic mass is 127. The maximum Gasteiger partial charge on any atom is 0.408 e. The number of carbonyl (C=O) groups excluding carboxylic acids is 4. The molecule has 0 bridgehead atoms. The number of aromatic hydroxyl groups is 2. The molecule has 0 fully saturated rings. The van der Waals surface area contributed by atoms with E-state index in [0.29, 0.717) is 27.2 Å². The van der Waals surface area contributed by atoms with E-state index in [9.17, 15) is 30.1 Å². The first kappa shape index (κ1) is 56.9. The van der Waals surface area contributed by atoms with E-state index in [1.54, 1.807) is 45.0 Å². The molecule has 0 spiro atoms. The molecule has 63 heavy (non-hydrogen) atoms. The van der Waals surface area contributed by atoms with Crippen LogP contribution >= 0.6 is 77.0 Å². The standard InChI is InChI=1S/C41H62Br2I2N6O10Si2/c1-39(2,3)59-38(57)49-28(19-23-17-26(44)33(53)27(45)18-23)35(54)50-31(36(55)48-29(37(56)58-10)20-22-15-24(42)32(52)25(43)16-22)34(61-63(13,14)41(7,8)9)30(21-47-51-46)60-62(11,12)40(4,5)6/h15-18,28-31,34,52-53H,19-21H2,1-14H3,(H,48,55)(H,49,57)(H,50,54)/t28-,29?,30+,31-,34+/m0/s1. The molecule has 2 aromatic carbocycles. The minimum Gasteiger partial charge on any atom is -0.506 e. The van der Waals surface area contributed by atoms with Crippen LogP contribution in [0.15, 0.2) is 38.3 Å². The third kappa shape index (κ3) is 16.9. The monoisotopic (exact) mass is 1270 g/mol. The molecule has 16 nitrogen and oxygen atoms in total. The highest BCUT2D eigenvalue weighted by Crippen LogP contribution is 2.41. The van der Waals surface area contributed by atoms with Gasteiger partial charge in [0.2, 0.25) is 11.8 Å². The molecule has 0 saturated carbocycles. The van der Waals surface area contributed by atoms with Crippen LogP contribution in [0.2, 0.25) is 36.3 Å². The molecule has 0 saturated heterocycles. The molecule has 22 heteroatoms. The van der Waals surface area contributed by atoms with E-state index in [4.69, 9.17) is 18.3 Å². The Morgan fingerprint density at radius 2 is 1.24 bits per heavy atom. The van der Waals surface area contributed by atoms with E-state index in [1.807, 2.05) is 113 Å². The van der Waals surface area contributed by atoms with Gasteiger partial charge in [0, 0.05) is 17.8 Å². The molecule has 0 radical (unpaired) electrons. The summed E-state index contributed by atoms with van der Waals surface area (Å²) in [5.74, 6) is -2.50. The van der Waals surface area contributed by atoms with Gasteiger partial charge in [0.25, 0.3) is 0 Å². The molecule has 1 unspecified atom stereocenters. The number of amides is 3. The predicted molar refractivity (Wildman–Crippen MR) is 272 cm³/mol. The van der Waals surface area contributed by atoms with Crippen LogP contribution in [0, 0.1) is 7.14 Å². The van der Waals surface area contributed by atoms with Crippen LogP contribution in [0.4, 0.5) is 4.79 Å². The Labute approximate surface area is 417 Å². The number of nitrogens with one attached hydrogen (secondary N) is 3. The summed E-state index contributed by atoms with van der Waals surface area (Å²) in [6, 6.07) is 2.19. The first-order valence-electron chi connectivity index (χ1n) is 20.0. The van der Waals surface area contributed by atoms with E-state index in [1.165, 1.54) is 7.11 Å². The van der Waals surface area contributed by atoms with Crippen molar-refractivity contribution < 1.29 is 47.7 Å². The molecule has 2 rings (SSSR count). The number of phenolic OH excluding ortho intramolecular Hbond substituents is 2. The lowest BCUT2D eigenvalue weighted by atomic mass is 10.0. The first-order valence-corrected chi connectivity index (χ1v) is 29.6. The van der Waals surface area contributed by atoms with Crippen molar-refractivity contribution in [3.8, 4) is 11.5 Å². The number of carbonyl (C=O) groups is 4. The Hall–Kier alpha value is -2.20. The second-order valence-corrected chi connectivity index (χ2v) is 32.7. The molecule has 0 aromatic heterocycles. The summed E-state index contributed by atoms with van der Waals surface area (Å²) in [6.07, 6.45) is -3.54. The van der Waals surface area contributed by atoms with Crippen molar-refractivity contribution >= 4 is 118 Å². The van der Waals surface area contributed by atoms with E-state index < -0.39 is 81.5 Å². The average molecular weight is 1270 g/mol. The average Bonchev–Trinajstić information content (AvgIpc) is 3.13. The number of hydrogen-bond donors (Lipinski definition) is 5. The molecule has 0 aliphatic carbocycles. The zero-order chi connectivity index (χ0) is 48.6. The summed E-state index contributed by atoms with van der Waals surface area (Å²) in [6.45, 7) is 24.7. The lowest BCUT2D eigenvalue weighted by Crippen LogP contribution is -2.66. The van der Waals surface area contributed by atoms with Crippen LogP contribution in [0.1, 0.15) is 73.4 Å². The Morgan fingerprint density at radius 3 is 1.70 bits per heavy atom. The van der Waals surface area contributed by atoms with Crippen molar-refractivity contribution in [1.29, 1.82) is 0 Å². The zero-order valence-electron chi connectivity index (χ0n) is 38.3. The minimum atomic E-state index is -2.93. The summed E-state index contributed by atoms with van der Waals surface area (Å²) in [5.41, 5.74) is 9.81. The summed E-state index contributed by atoms with van der Waals surface area (Å²) in [4.78, 5) is 60.0. The number of halogens is 4. The molecule has 0 aliphatic heterocycles. The number of nitrogens with zero attached hydrogens (tertiary/aromatic N) is 3. The second kappa shape index (κ2) is 23.0. The number of rotatable bonds is 18. The van der Waals surface area contributed by atoms with Gasteiger partial charge in [-0.25, -0.2) is 9.59 Å². The smallest absolute Gasteiger partial charge is 0.408 e. The van der Waals surface area contributed by atoms with Crippen molar-refractivity contribution in [2.75, 3.05) is 13.7 Å². The van der Waals surface area contributed by atoms with Gasteiger partial charge in [0.15, 0.2) is 16.6 Å². The quantitative estimate of drug-likeness (QED) is 0.0237. The van der Waals surface area contributed by atoms with E-state index in [2.05, 4.69) is 57.8 Å². The van der Waals surface area contributed by atoms with Crippen molar-refractivity contribution in [1.82, 2.24) is 16.0 Å². The van der Waals surface area contributed by atoms with Crippen molar-refractivity contribution in [2.45, 2.75) is 147 Å². The highest BCUT2D eigenvalue weighted by molar-refractivity contribution is 14.1. The number of alkyl carbamates (subject to hydrolysis) is 1. The summed E-state index contributed by atoms with van der Waals surface area (Å²) >= 11 is 10.6. The lowest BCUT2D eigenvalue weighted by Gasteiger charge is -2.46. The number of ether oxygens (including phenoxy) is 2. The summed E-state index contributed by atoms with van der Waals surface area (Å²) in [7, 11) is -4.52. The Kier molecular flexibility index (Phi) is 20.8. The molecule has 0 heterocycles. The number of benzene rings is 2. The molecule has 3 amide bonds. The fourth-order valence-electron chi connectivity index (χ4n) is 5.51. The summed E-state index contributed by atoms with van der Waals surface area (Å²) in [5, 5.41) is 32.3. The zero-order valence-corrected chi connectivity index (χ0v) is 47.8. The fourth-order valence-corrected chi connectivity index (χ4v) is 11.3. The molecule has 2 aromatic rings. The van der Waals surface area contributed by atoms with Crippen LogP contribution in [0.3, 0.4) is 0 Å². The van der Waals surface area contributed by atoms with Crippen LogP contribution in [-0.2, 0) is 45.6 Å². The van der Waals surface area contributed by atoms with Gasteiger partial charge in [-0.2, -0.15) is 0 Å². The van der Waals surface area contributed by atoms with Gasteiger partial charge in [0.05, 0.1) is 41.9 Å². The van der Waals surface area contributed by atoms with E-state index in [0.717, 1.165) is 0 Å². The molecule has 352 valence electrons. The number of methoxy groups -OCH3 is 1. The van der Waals surface area contributed by atoms with Gasteiger partial charge in [-0.15, -0.1) is 0 Å². The van der Waals surface area contributed by atoms with Crippen molar-refractivity contribution in [2.24, 2.45) is 5.11 Å². The van der Waals surface area contributed by atoms with Gasteiger partial charge in [-0.1, -0.05) is 46.7 Å². The van der Waals surface area contributed by atoms with Gasteiger partial charge >= 0.3 is 12.1 Å². The lowest BCUT2D eigenvalue weighted by molar-refractivity contribution is -0.146. The molecular weight excluding hydrogens is 1210 g/mol. The number of azide groups is 1. The predicted octanol–water partition coefficient (Wildman–Crippen LogP) is 9.74. The Bertz CT molecular complexity index is 1990. The normalized spacial score (nSPS) is 14.9. The number of phenols is 2. The van der Waals surface area contributed by atoms with Crippen LogP contribution in [0.25, 0.3) is 10.4 Å². The van der Waals surface area contributed by atoms with Gasteiger partial charge in [-0.05, 0) is 175 Å². The third-order valence-corrected chi connectivity index (χ3v) is 22.8. The van der Waals surface area contributed by atoms with E-state index in [-0.39, 0.29) is 35.9 Å². The topological polar surface area (TPSA) is 231 Å². The summed E-state index contributed by atoms with van der Waals surface area (Å²) < 4.78 is 26.5. The Morgan fingerprint density at radius 1 is 0.762 bits per heavy atom. The minimum absolute atomic E-state index is 0.0587. The van der Waals surface area contributed by atoms with Crippen LogP contribution < -0.4 is 16.0 Å². The Balaban J connectivity index is 2.99. The van der Waals surface area contributed by atoms with Gasteiger partial charge < -0.3 is 44.5 Å². The van der Waals surface area contributed by atoms with Crippen LogP contribution in [-0.4, -0.2) is 100 Å². The highest BCUT2D eigenvalue weighted by Gasteiger charge is 2.49. The molecule has 5 atom stereocenters. The first-order chi connectivity index (χ1) is 28.6. The van der Waals surface area contributed by atoms with Crippen molar-refractivity contribution in [3.05, 3.63) is 61.9 Å². The third-order valence-electron chi connectivity index (χ3n) is 10.9. The molecular formula is C41H62Br2I2N6O10Si2. The fraction of sp³-hybridized carbons (Fsp3) is 0.610. The maximum atomic E-state index is 15.2. The molecule has 0 aliphatic rings. The molecule has 5 N–H and O–H groups in total. The van der Waals surface area contributed by atoms with Crippen molar-refractivity contribution in [3.63, 3.8) is 0 Å². The van der Waals surface area contributed by atoms with Gasteiger partial charge in [-0.3, -0.25) is 9.59 Å². The van der Waals surface area contributed by atoms with E-state index >= 15 is 4.79 Å². The van der Waals surface area contributed by atoms with Crippen LogP contribution in [0.5, 0.6) is 11.5 Å². The largest absolute Gasteiger partial charge is 0.506 e. The van der Waals surface area contributed by atoms with Gasteiger partial charge in [0.1, 0.15) is 35.2 Å².